The molecule has 0 aliphatic carbocycles. The van der Waals surface area contributed by atoms with Gasteiger partial charge in [-0.05, 0) is 12.0 Å². The number of carbonyl (C=O) groups excluding carboxylic acids is 1. The van der Waals surface area contributed by atoms with E-state index in [1.807, 2.05) is 31.2 Å². The van der Waals surface area contributed by atoms with Crippen molar-refractivity contribution in [2.24, 2.45) is 0 Å². The van der Waals surface area contributed by atoms with Crippen molar-refractivity contribution in [2.45, 2.75) is 13.3 Å². The van der Waals surface area contributed by atoms with E-state index in [2.05, 4.69) is 0 Å². The lowest BCUT2D eigenvalue weighted by Crippen LogP contribution is -2.03. The lowest BCUT2D eigenvalue weighted by atomic mass is 10.0. The molecular formula is C10H14ClNO. The Balaban J connectivity index is 0.00000144. The van der Waals surface area contributed by atoms with Crippen molar-refractivity contribution in [3.63, 3.8) is 0 Å². The molecule has 0 aliphatic rings. The second kappa shape index (κ2) is 5.73. The van der Waals surface area contributed by atoms with Crippen LogP contribution in [-0.4, -0.2) is 11.7 Å². The summed E-state index contributed by atoms with van der Waals surface area (Å²) in [7, 11) is 0. The van der Waals surface area contributed by atoms with E-state index >= 15 is 0 Å². The molecule has 0 unspecified atom stereocenters. The summed E-state index contributed by atoms with van der Waals surface area (Å²) in [5.41, 5.74) is 1.83. The maximum absolute atomic E-state index is 11.3. The Morgan fingerprint density at radius 2 is 2.00 bits per heavy atom. The zero-order chi connectivity index (χ0) is 8.97. The molecule has 0 saturated heterocycles. The van der Waals surface area contributed by atoms with E-state index in [1.54, 1.807) is 0 Å². The molecule has 1 rings (SSSR count). The van der Waals surface area contributed by atoms with Gasteiger partial charge in [-0.2, -0.15) is 0 Å². The first-order valence-electron chi connectivity index (χ1n) is 3.96. The number of Topliss-reactive ketones (excluding diaryl/α,β-unsaturated/α-hetero) is 1. The molecule has 13 heavy (non-hydrogen) atoms. The van der Waals surface area contributed by atoms with Crippen molar-refractivity contribution < 1.29 is 4.79 Å². The van der Waals surface area contributed by atoms with E-state index in [-0.39, 0.29) is 17.8 Å². The van der Waals surface area contributed by atoms with Crippen LogP contribution in [0.15, 0.2) is 24.3 Å². The normalized spacial score (nSPS) is 9.08. The maximum Gasteiger partial charge on any atom is 0.177 e. The molecule has 0 amide bonds. The Labute approximate surface area is 83.5 Å². The van der Waals surface area contributed by atoms with Crippen LogP contribution < -0.4 is 6.15 Å². The fourth-order valence-corrected chi connectivity index (χ4v) is 1.32. The van der Waals surface area contributed by atoms with Crippen molar-refractivity contribution in [1.82, 2.24) is 6.15 Å². The molecule has 0 aliphatic heterocycles. The zero-order valence-corrected chi connectivity index (χ0v) is 8.47. The summed E-state index contributed by atoms with van der Waals surface area (Å²) in [6, 6.07) is 7.58. The lowest BCUT2D eigenvalue weighted by Gasteiger charge is -2.03. The molecule has 3 heteroatoms. The molecule has 0 atom stereocenters. The molecule has 0 aromatic heterocycles. The van der Waals surface area contributed by atoms with E-state index in [4.69, 9.17) is 11.6 Å². The average molecular weight is 200 g/mol. The van der Waals surface area contributed by atoms with E-state index in [0.29, 0.717) is 0 Å². The van der Waals surface area contributed by atoms with Crippen LogP contribution in [0.5, 0.6) is 0 Å². The summed E-state index contributed by atoms with van der Waals surface area (Å²) in [4.78, 5) is 11.3. The van der Waals surface area contributed by atoms with Crippen LogP contribution in [0.25, 0.3) is 0 Å². The topological polar surface area (TPSA) is 52.1 Å². The quantitative estimate of drug-likeness (QED) is 0.601. The third kappa shape index (κ3) is 2.83. The average Bonchev–Trinajstić information content (AvgIpc) is 2.16. The number of aryl methyl sites for hydroxylation is 1. The van der Waals surface area contributed by atoms with Gasteiger partial charge in [0, 0.05) is 5.56 Å². The number of rotatable bonds is 3. The smallest absolute Gasteiger partial charge is 0.177 e. The fraction of sp³-hybridized carbons (Fsp3) is 0.300. The number of benzene rings is 1. The molecule has 0 heterocycles. The minimum absolute atomic E-state index is 0. The molecule has 2 nitrogen and oxygen atoms in total. The van der Waals surface area contributed by atoms with E-state index in [1.165, 1.54) is 0 Å². The Morgan fingerprint density at radius 3 is 2.54 bits per heavy atom. The van der Waals surface area contributed by atoms with Crippen LogP contribution in [0.4, 0.5) is 0 Å². The van der Waals surface area contributed by atoms with Crippen molar-refractivity contribution in [3.05, 3.63) is 35.4 Å². The van der Waals surface area contributed by atoms with Gasteiger partial charge in [0.1, 0.15) is 0 Å². The molecule has 0 saturated carbocycles. The summed E-state index contributed by atoms with van der Waals surface area (Å²) < 4.78 is 0. The van der Waals surface area contributed by atoms with Crippen molar-refractivity contribution in [3.8, 4) is 0 Å². The minimum Gasteiger partial charge on any atom is -0.344 e. The Kier molecular flexibility index (Phi) is 5.35. The van der Waals surface area contributed by atoms with Crippen LogP contribution in [0.3, 0.4) is 0 Å². The monoisotopic (exact) mass is 199 g/mol. The first-order chi connectivity index (χ1) is 5.79. The molecular weight excluding hydrogens is 186 g/mol. The number of carbonyl (C=O) groups is 1. The van der Waals surface area contributed by atoms with Crippen LogP contribution in [-0.2, 0) is 6.42 Å². The molecule has 3 N–H and O–H groups in total. The van der Waals surface area contributed by atoms with Crippen LogP contribution in [0.2, 0.25) is 0 Å². The zero-order valence-electron chi connectivity index (χ0n) is 7.72. The van der Waals surface area contributed by atoms with Crippen LogP contribution >= 0.6 is 11.6 Å². The van der Waals surface area contributed by atoms with Gasteiger partial charge in [-0.3, -0.25) is 4.79 Å². The second-order valence-corrected chi connectivity index (χ2v) is 2.83. The summed E-state index contributed by atoms with van der Waals surface area (Å²) in [5.74, 6) is 0.0749. The summed E-state index contributed by atoms with van der Waals surface area (Å²) in [6.07, 6.45) is 0.874. The largest absolute Gasteiger partial charge is 0.344 e. The van der Waals surface area contributed by atoms with Gasteiger partial charge in [-0.15, -0.1) is 11.6 Å². The Morgan fingerprint density at radius 1 is 1.38 bits per heavy atom. The number of alkyl halides is 1. The van der Waals surface area contributed by atoms with Crippen LogP contribution in [0, 0.1) is 0 Å². The van der Waals surface area contributed by atoms with Gasteiger partial charge in [0.15, 0.2) is 5.78 Å². The van der Waals surface area contributed by atoms with Crippen molar-refractivity contribution in [1.29, 1.82) is 0 Å². The molecule has 72 valence electrons. The van der Waals surface area contributed by atoms with E-state index in [9.17, 15) is 4.79 Å². The summed E-state index contributed by atoms with van der Waals surface area (Å²) in [6.45, 7) is 2.03. The maximum atomic E-state index is 11.3. The number of hydrogen-bond acceptors (Lipinski definition) is 2. The highest BCUT2D eigenvalue weighted by molar-refractivity contribution is 6.30. The van der Waals surface area contributed by atoms with Gasteiger partial charge in [0.2, 0.25) is 0 Å². The highest BCUT2D eigenvalue weighted by Crippen LogP contribution is 2.10. The fourth-order valence-electron chi connectivity index (χ4n) is 1.17. The Bertz CT molecular complexity index is 286. The van der Waals surface area contributed by atoms with Gasteiger partial charge in [0.05, 0.1) is 5.88 Å². The molecule has 0 radical (unpaired) electrons. The number of halogens is 1. The summed E-state index contributed by atoms with van der Waals surface area (Å²) in [5, 5.41) is 0. The van der Waals surface area contributed by atoms with E-state index in [0.717, 1.165) is 17.5 Å². The first kappa shape index (κ1) is 12.1. The third-order valence-electron chi connectivity index (χ3n) is 1.82. The minimum atomic E-state index is 0. The number of ketones is 1. The van der Waals surface area contributed by atoms with Crippen LogP contribution in [0.1, 0.15) is 22.8 Å². The van der Waals surface area contributed by atoms with Gasteiger partial charge < -0.3 is 6.15 Å². The highest BCUT2D eigenvalue weighted by atomic mass is 35.5. The van der Waals surface area contributed by atoms with Gasteiger partial charge >= 0.3 is 0 Å². The highest BCUT2D eigenvalue weighted by Gasteiger charge is 2.06. The molecule has 0 spiro atoms. The van der Waals surface area contributed by atoms with Gasteiger partial charge in [0.25, 0.3) is 0 Å². The molecule has 1 aromatic carbocycles. The summed E-state index contributed by atoms with van der Waals surface area (Å²) >= 11 is 5.47. The Hall–Kier alpha value is -0.860. The van der Waals surface area contributed by atoms with Crippen molar-refractivity contribution in [2.75, 3.05) is 5.88 Å². The second-order valence-electron chi connectivity index (χ2n) is 2.57. The van der Waals surface area contributed by atoms with Gasteiger partial charge in [-0.25, -0.2) is 0 Å². The van der Waals surface area contributed by atoms with Crippen molar-refractivity contribution >= 4 is 17.4 Å². The molecule has 0 bridgehead atoms. The van der Waals surface area contributed by atoms with E-state index < -0.39 is 0 Å². The SMILES string of the molecule is CCc1ccccc1C(=O)CCl.N. The van der Waals surface area contributed by atoms with Gasteiger partial charge in [-0.1, -0.05) is 31.2 Å². The number of hydrogen-bond donors (Lipinski definition) is 1. The molecule has 0 fully saturated rings. The molecule has 1 aromatic rings. The third-order valence-corrected chi connectivity index (χ3v) is 2.06. The standard InChI is InChI=1S/C10H11ClO.H3N/c1-2-8-5-3-4-6-9(8)10(12)7-11;/h3-6H,2,7H2,1H3;1H3. The first-order valence-corrected chi connectivity index (χ1v) is 4.50. The lowest BCUT2D eigenvalue weighted by molar-refractivity contribution is 0.102. The predicted molar refractivity (Wildman–Crippen MR) is 55.9 cm³/mol. The predicted octanol–water partition coefficient (Wildman–Crippen LogP) is 2.83.